The Balaban J connectivity index is 1.71. The molecular weight excluding hydrogens is 418 g/mol. The van der Waals surface area contributed by atoms with Gasteiger partial charge in [0.2, 0.25) is 0 Å². The van der Waals surface area contributed by atoms with Crippen LogP contribution < -0.4 is 15.5 Å². The van der Waals surface area contributed by atoms with Crippen LogP contribution in [0.15, 0.2) is 71.8 Å². The Bertz CT molecular complexity index is 1230. The van der Waals surface area contributed by atoms with E-state index < -0.39 is 17.8 Å². The van der Waals surface area contributed by atoms with Gasteiger partial charge in [0, 0.05) is 11.3 Å². The lowest BCUT2D eigenvalue weighted by Gasteiger charge is -2.11. The first-order valence-electron chi connectivity index (χ1n) is 10.4. The number of benzene rings is 3. The van der Waals surface area contributed by atoms with Crippen LogP contribution in [0.25, 0.3) is 0 Å². The maximum absolute atomic E-state index is 12.5. The molecule has 33 heavy (non-hydrogen) atoms. The molecule has 0 aliphatic carbocycles. The molecule has 3 aromatic rings. The highest BCUT2D eigenvalue weighted by atomic mass is 16.5. The zero-order valence-corrected chi connectivity index (χ0v) is 18.9. The van der Waals surface area contributed by atoms with Crippen molar-refractivity contribution in [3.63, 3.8) is 0 Å². The molecule has 0 saturated heterocycles. The summed E-state index contributed by atoms with van der Waals surface area (Å²) in [5, 5.41) is 6.63. The third-order valence-corrected chi connectivity index (χ3v) is 4.98. The molecule has 2 N–H and O–H groups in total. The molecular formula is C26H25N3O4. The third-order valence-electron chi connectivity index (χ3n) is 4.98. The molecule has 0 fully saturated rings. The van der Waals surface area contributed by atoms with Crippen molar-refractivity contribution in [3.8, 4) is 5.75 Å². The Morgan fingerprint density at radius 1 is 0.818 bits per heavy atom. The minimum atomic E-state index is -0.911. The second-order valence-corrected chi connectivity index (χ2v) is 7.61. The minimum absolute atomic E-state index is 0.291. The molecule has 0 radical (unpaired) electrons. The summed E-state index contributed by atoms with van der Waals surface area (Å²) < 4.78 is 5.56. The van der Waals surface area contributed by atoms with Crippen LogP contribution in [0.5, 0.6) is 5.75 Å². The number of carbonyl (C=O) groups excluding carboxylic acids is 3. The van der Waals surface area contributed by atoms with Crippen molar-refractivity contribution in [1.29, 1.82) is 0 Å². The first-order valence-corrected chi connectivity index (χ1v) is 10.4. The number of hydrogen-bond donors (Lipinski definition) is 2. The van der Waals surface area contributed by atoms with E-state index in [0.717, 1.165) is 16.7 Å². The van der Waals surface area contributed by atoms with Crippen molar-refractivity contribution in [3.05, 3.63) is 94.5 Å². The molecule has 0 atom stereocenters. The summed E-state index contributed by atoms with van der Waals surface area (Å²) in [6.07, 6.45) is 0. The number of para-hydroxylation sites is 2. The molecule has 0 aliphatic rings. The van der Waals surface area contributed by atoms with Crippen LogP contribution in [0.4, 0.5) is 5.69 Å². The van der Waals surface area contributed by atoms with E-state index in [1.165, 1.54) is 0 Å². The van der Waals surface area contributed by atoms with E-state index in [1.54, 1.807) is 49.4 Å². The molecule has 0 aromatic heterocycles. The summed E-state index contributed by atoms with van der Waals surface area (Å²) in [6.45, 7) is 7.22. The molecule has 168 valence electrons. The molecule has 0 aliphatic heterocycles. The number of amides is 2. The number of aryl methyl sites for hydroxylation is 3. The fraction of sp³-hybridized carbons (Fsp3) is 0.154. The average Bonchev–Trinajstić information content (AvgIpc) is 2.80. The predicted molar refractivity (Wildman–Crippen MR) is 127 cm³/mol. The van der Waals surface area contributed by atoms with E-state index in [0.29, 0.717) is 28.3 Å². The maximum atomic E-state index is 12.5. The molecule has 0 heterocycles. The summed E-state index contributed by atoms with van der Waals surface area (Å²) in [6, 6.07) is 19.5. The van der Waals surface area contributed by atoms with Crippen molar-refractivity contribution in [2.45, 2.75) is 27.7 Å². The van der Waals surface area contributed by atoms with Crippen LogP contribution in [0, 0.1) is 20.8 Å². The van der Waals surface area contributed by atoms with Crippen LogP contribution >= 0.6 is 0 Å². The zero-order valence-electron chi connectivity index (χ0n) is 18.9. The Labute approximate surface area is 192 Å². The van der Waals surface area contributed by atoms with Crippen molar-refractivity contribution in [1.82, 2.24) is 5.43 Å². The highest BCUT2D eigenvalue weighted by molar-refractivity contribution is 6.39. The number of hydrazone groups is 1. The fourth-order valence-electron chi connectivity index (χ4n) is 3.21. The molecule has 7 heteroatoms. The first-order chi connectivity index (χ1) is 15.8. The second-order valence-electron chi connectivity index (χ2n) is 7.61. The Kier molecular flexibility index (Phi) is 7.35. The van der Waals surface area contributed by atoms with Crippen molar-refractivity contribution >= 4 is 29.2 Å². The Hall–Kier alpha value is -4.26. The van der Waals surface area contributed by atoms with Crippen LogP contribution in [0.3, 0.4) is 0 Å². The van der Waals surface area contributed by atoms with Crippen molar-refractivity contribution < 1.29 is 19.1 Å². The van der Waals surface area contributed by atoms with Crippen molar-refractivity contribution in [2.75, 3.05) is 5.32 Å². The third kappa shape index (κ3) is 5.92. The van der Waals surface area contributed by atoms with Crippen LogP contribution in [0.1, 0.15) is 39.5 Å². The monoisotopic (exact) mass is 443 g/mol. The number of anilines is 1. The lowest BCUT2D eigenvalue weighted by atomic mass is 10.1. The van der Waals surface area contributed by atoms with Gasteiger partial charge in [-0.15, -0.1) is 0 Å². The van der Waals surface area contributed by atoms with Gasteiger partial charge in [0.05, 0.1) is 11.3 Å². The van der Waals surface area contributed by atoms with Crippen LogP contribution in [-0.2, 0) is 9.59 Å². The van der Waals surface area contributed by atoms with Gasteiger partial charge in [-0.2, -0.15) is 5.10 Å². The van der Waals surface area contributed by atoms with E-state index in [9.17, 15) is 14.4 Å². The number of hydrogen-bond acceptors (Lipinski definition) is 5. The van der Waals surface area contributed by atoms with E-state index in [-0.39, 0.29) is 0 Å². The molecule has 0 unspecified atom stereocenters. The van der Waals surface area contributed by atoms with Crippen LogP contribution in [0.2, 0.25) is 0 Å². The Morgan fingerprint density at radius 2 is 1.48 bits per heavy atom. The predicted octanol–water partition coefficient (Wildman–Crippen LogP) is 4.31. The van der Waals surface area contributed by atoms with Gasteiger partial charge in [0.25, 0.3) is 0 Å². The molecule has 2 amide bonds. The average molecular weight is 444 g/mol. The number of rotatable bonds is 5. The highest BCUT2D eigenvalue weighted by Crippen LogP contribution is 2.21. The maximum Gasteiger partial charge on any atom is 0.343 e. The lowest BCUT2D eigenvalue weighted by Crippen LogP contribution is -2.33. The van der Waals surface area contributed by atoms with Crippen LogP contribution in [-0.4, -0.2) is 23.5 Å². The quantitative estimate of drug-likeness (QED) is 0.202. The topological polar surface area (TPSA) is 96.9 Å². The molecule has 0 bridgehead atoms. The van der Waals surface area contributed by atoms with Gasteiger partial charge in [-0.25, -0.2) is 10.2 Å². The number of carbonyl (C=O) groups is 3. The summed E-state index contributed by atoms with van der Waals surface area (Å²) >= 11 is 0. The zero-order chi connectivity index (χ0) is 24.0. The SMILES string of the molecule is C/C(=N\NC(=O)C(=O)Nc1c(C)cccc1C)c1ccccc1OC(=O)c1cccc(C)c1. The minimum Gasteiger partial charge on any atom is -0.422 e. The summed E-state index contributed by atoms with van der Waals surface area (Å²) in [4.78, 5) is 37.1. The Morgan fingerprint density at radius 3 is 2.18 bits per heavy atom. The summed E-state index contributed by atoms with van der Waals surface area (Å²) in [7, 11) is 0. The van der Waals surface area contributed by atoms with Gasteiger partial charge < -0.3 is 10.1 Å². The molecule has 0 saturated carbocycles. The number of nitrogens with one attached hydrogen (secondary N) is 2. The largest absolute Gasteiger partial charge is 0.422 e. The van der Waals surface area contributed by atoms with Gasteiger partial charge >= 0.3 is 17.8 Å². The number of ether oxygens (including phenoxy) is 1. The highest BCUT2D eigenvalue weighted by Gasteiger charge is 2.17. The molecule has 3 aromatic carbocycles. The van der Waals surface area contributed by atoms with Gasteiger partial charge in [-0.05, 0) is 63.1 Å². The fourth-order valence-corrected chi connectivity index (χ4v) is 3.21. The smallest absolute Gasteiger partial charge is 0.343 e. The van der Waals surface area contributed by atoms with Crippen molar-refractivity contribution in [2.24, 2.45) is 5.10 Å². The van der Waals surface area contributed by atoms with E-state index in [1.807, 2.05) is 45.0 Å². The van der Waals surface area contributed by atoms with Gasteiger partial charge in [-0.1, -0.05) is 48.0 Å². The lowest BCUT2D eigenvalue weighted by molar-refractivity contribution is -0.136. The molecule has 0 spiro atoms. The summed E-state index contributed by atoms with van der Waals surface area (Å²) in [5.74, 6) is -1.95. The molecule has 3 rings (SSSR count). The summed E-state index contributed by atoms with van der Waals surface area (Å²) in [5.41, 5.74) is 6.79. The normalized spacial score (nSPS) is 11.0. The second kappa shape index (κ2) is 10.4. The standard InChI is InChI=1S/C26H25N3O4/c1-16-9-7-12-20(15-16)26(32)33-22-14-6-5-13-21(22)19(4)28-29-25(31)24(30)27-23-17(2)10-8-11-18(23)3/h5-15H,1-4H3,(H,27,30)(H,29,31)/b28-19+. The van der Waals surface area contributed by atoms with Gasteiger partial charge in [0.15, 0.2) is 0 Å². The van der Waals surface area contributed by atoms with E-state index >= 15 is 0 Å². The van der Waals surface area contributed by atoms with Gasteiger partial charge in [0.1, 0.15) is 5.75 Å². The number of esters is 1. The molecule has 7 nitrogen and oxygen atoms in total. The van der Waals surface area contributed by atoms with Gasteiger partial charge in [-0.3, -0.25) is 9.59 Å². The van der Waals surface area contributed by atoms with E-state index in [2.05, 4.69) is 15.8 Å². The number of nitrogens with zero attached hydrogens (tertiary/aromatic N) is 1. The van der Waals surface area contributed by atoms with E-state index in [4.69, 9.17) is 4.74 Å². The first kappa shape index (κ1) is 23.4.